The molecule has 2 atom stereocenters. The molecule has 32 heavy (non-hydrogen) atoms. The number of aromatic amines is 1. The van der Waals surface area contributed by atoms with Crippen molar-refractivity contribution in [3.8, 4) is 22.0 Å². The van der Waals surface area contributed by atoms with Crippen molar-refractivity contribution < 1.29 is 0 Å². The first-order valence-electron chi connectivity index (χ1n) is 11.3. The molecular formula is C25H24N6S. The summed E-state index contributed by atoms with van der Waals surface area (Å²) in [5.74, 6) is 3.82. The highest BCUT2D eigenvalue weighted by atomic mass is 32.1. The Kier molecular flexibility index (Phi) is 4.76. The predicted molar refractivity (Wildman–Crippen MR) is 126 cm³/mol. The van der Waals surface area contributed by atoms with Crippen LogP contribution in [0, 0.1) is 30.2 Å². The van der Waals surface area contributed by atoms with Gasteiger partial charge in [0.2, 0.25) is 5.00 Å². The second-order valence-electron chi connectivity index (χ2n) is 9.21. The van der Waals surface area contributed by atoms with Gasteiger partial charge in [0.1, 0.15) is 12.0 Å². The molecular weight excluding hydrogens is 416 g/mol. The molecule has 4 heterocycles. The number of hydrogen-bond acceptors (Lipinski definition) is 5. The molecule has 7 rings (SSSR count). The fourth-order valence-corrected chi connectivity index (χ4v) is 6.64. The van der Waals surface area contributed by atoms with Gasteiger partial charge in [0.25, 0.3) is 0 Å². The summed E-state index contributed by atoms with van der Waals surface area (Å²) >= 11 is 1.49. The highest BCUT2D eigenvalue weighted by Gasteiger charge is 2.41. The van der Waals surface area contributed by atoms with Crippen LogP contribution in [0.5, 0.6) is 0 Å². The van der Waals surface area contributed by atoms with Gasteiger partial charge in [-0.05, 0) is 67.9 Å². The van der Waals surface area contributed by atoms with E-state index in [9.17, 15) is 0 Å². The number of nitrogens with one attached hydrogen (secondary N) is 1. The molecule has 0 amide bonds. The maximum absolute atomic E-state index is 7.33. The van der Waals surface area contributed by atoms with E-state index in [1.54, 1.807) is 6.33 Å². The molecule has 160 valence electrons. The monoisotopic (exact) mass is 440 g/mol. The first kappa shape index (κ1) is 19.6. The van der Waals surface area contributed by atoms with Crippen molar-refractivity contribution in [3.05, 3.63) is 54.0 Å². The Labute approximate surface area is 191 Å². The van der Waals surface area contributed by atoms with Gasteiger partial charge < -0.3 is 4.98 Å². The van der Waals surface area contributed by atoms with Crippen molar-refractivity contribution >= 4 is 27.4 Å². The minimum atomic E-state index is 0.681. The van der Waals surface area contributed by atoms with E-state index in [0.717, 1.165) is 57.0 Å². The maximum atomic E-state index is 7.33. The molecule has 0 saturated heterocycles. The Hall–Kier alpha value is -3.11. The van der Waals surface area contributed by atoms with Crippen LogP contribution in [0.25, 0.3) is 37.8 Å². The molecule has 0 aliphatic heterocycles. The number of nitrogens with zero attached hydrogens (tertiary/aromatic N) is 5. The lowest BCUT2D eigenvalue weighted by atomic mass is 9.58. The van der Waals surface area contributed by atoms with Crippen molar-refractivity contribution in [3.63, 3.8) is 0 Å². The normalized spacial score (nSPS) is 24.6. The fraction of sp³-hybridized carbons (Fsp3) is 0.400. The molecule has 7 heteroatoms. The quantitative estimate of drug-likeness (QED) is 0.378. The molecule has 3 fully saturated rings. The second kappa shape index (κ2) is 7.79. The SMILES string of the molecule is [C-]#[N+]c1ccc(-c2cc(CC3C4CCC(CC4)C3C)nc(-c3c[nH]c4ncncc34)n2)s1. The summed E-state index contributed by atoms with van der Waals surface area (Å²) < 4.78 is 0. The Bertz CT molecular complexity index is 1320. The third kappa shape index (κ3) is 3.30. The lowest BCUT2D eigenvalue weighted by molar-refractivity contribution is 0.0339. The lowest BCUT2D eigenvalue weighted by Gasteiger charge is -2.47. The van der Waals surface area contributed by atoms with Gasteiger partial charge in [-0.3, -0.25) is 0 Å². The Balaban J connectivity index is 1.44. The van der Waals surface area contributed by atoms with E-state index in [1.165, 1.54) is 37.0 Å². The smallest absolute Gasteiger partial charge is 0.241 e. The Morgan fingerprint density at radius 2 is 2.00 bits per heavy atom. The summed E-state index contributed by atoms with van der Waals surface area (Å²) in [6.45, 7) is 9.78. The van der Waals surface area contributed by atoms with Gasteiger partial charge in [-0.2, -0.15) is 11.3 Å². The highest BCUT2D eigenvalue weighted by molar-refractivity contribution is 7.19. The molecule has 3 saturated carbocycles. The third-order valence-electron chi connectivity index (χ3n) is 7.62. The first-order chi connectivity index (χ1) is 15.7. The molecule has 1 N–H and O–H groups in total. The van der Waals surface area contributed by atoms with E-state index in [4.69, 9.17) is 16.5 Å². The number of rotatable bonds is 4. The van der Waals surface area contributed by atoms with Gasteiger partial charge in [0.15, 0.2) is 5.82 Å². The minimum absolute atomic E-state index is 0.681. The Morgan fingerprint density at radius 3 is 2.78 bits per heavy atom. The van der Waals surface area contributed by atoms with Crippen LogP contribution >= 0.6 is 11.3 Å². The van der Waals surface area contributed by atoms with E-state index >= 15 is 0 Å². The van der Waals surface area contributed by atoms with Crippen molar-refractivity contribution in [2.45, 2.75) is 39.0 Å². The number of aromatic nitrogens is 5. The van der Waals surface area contributed by atoms with E-state index in [-0.39, 0.29) is 0 Å². The van der Waals surface area contributed by atoms with Crippen LogP contribution < -0.4 is 0 Å². The molecule has 3 aliphatic rings. The van der Waals surface area contributed by atoms with Gasteiger partial charge in [0.05, 0.1) is 12.3 Å². The highest BCUT2D eigenvalue weighted by Crippen LogP contribution is 2.49. The van der Waals surface area contributed by atoms with Gasteiger partial charge in [-0.15, -0.1) is 0 Å². The van der Waals surface area contributed by atoms with Crippen molar-refractivity contribution in [2.24, 2.45) is 23.7 Å². The van der Waals surface area contributed by atoms with Gasteiger partial charge in [-0.1, -0.05) is 13.0 Å². The average Bonchev–Trinajstić information content (AvgIpc) is 3.49. The second-order valence-corrected chi connectivity index (χ2v) is 10.3. The molecule has 4 aromatic heterocycles. The average molecular weight is 441 g/mol. The summed E-state index contributed by atoms with van der Waals surface area (Å²) in [6.07, 6.45) is 11.8. The molecule has 6 nitrogen and oxygen atoms in total. The van der Waals surface area contributed by atoms with Crippen LogP contribution in [0.1, 0.15) is 38.3 Å². The van der Waals surface area contributed by atoms with E-state index in [1.807, 2.05) is 24.5 Å². The molecule has 2 bridgehead atoms. The lowest BCUT2D eigenvalue weighted by Crippen LogP contribution is -2.39. The zero-order valence-electron chi connectivity index (χ0n) is 18.0. The maximum Gasteiger partial charge on any atom is 0.241 e. The summed E-state index contributed by atoms with van der Waals surface area (Å²) in [7, 11) is 0. The molecule has 0 radical (unpaired) electrons. The number of H-pyrrole nitrogens is 1. The van der Waals surface area contributed by atoms with Crippen LogP contribution in [0.4, 0.5) is 5.00 Å². The summed E-state index contributed by atoms with van der Waals surface area (Å²) in [4.78, 5) is 26.3. The van der Waals surface area contributed by atoms with Crippen molar-refractivity contribution in [1.29, 1.82) is 0 Å². The number of hydrogen-bond donors (Lipinski definition) is 1. The summed E-state index contributed by atoms with van der Waals surface area (Å²) in [5.41, 5.74) is 3.70. The van der Waals surface area contributed by atoms with Crippen LogP contribution in [-0.4, -0.2) is 24.9 Å². The fourth-order valence-electron chi connectivity index (χ4n) is 5.89. The minimum Gasteiger partial charge on any atom is -0.345 e. The zero-order chi connectivity index (χ0) is 21.7. The van der Waals surface area contributed by atoms with Gasteiger partial charge >= 0.3 is 0 Å². The summed E-state index contributed by atoms with van der Waals surface area (Å²) in [5, 5.41) is 1.61. The van der Waals surface area contributed by atoms with Crippen LogP contribution in [0.2, 0.25) is 0 Å². The van der Waals surface area contributed by atoms with Crippen LogP contribution in [0.15, 0.2) is 36.9 Å². The predicted octanol–water partition coefficient (Wildman–Crippen LogP) is 6.31. The molecule has 4 aromatic rings. The largest absolute Gasteiger partial charge is 0.345 e. The molecule has 0 aromatic carbocycles. The van der Waals surface area contributed by atoms with Gasteiger partial charge in [0, 0.05) is 33.9 Å². The molecule has 0 spiro atoms. The van der Waals surface area contributed by atoms with Gasteiger partial charge in [-0.25, -0.2) is 24.8 Å². The topological polar surface area (TPSA) is 71.7 Å². The van der Waals surface area contributed by atoms with E-state index in [2.05, 4.69) is 32.8 Å². The first-order valence-corrected chi connectivity index (χ1v) is 12.1. The molecule has 2 unspecified atom stereocenters. The number of thiophene rings is 1. The van der Waals surface area contributed by atoms with Crippen molar-refractivity contribution in [1.82, 2.24) is 24.9 Å². The summed E-state index contributed by atoms with van der Waals surface area (Å²) in [6, 6.07) is 6.01. The van der Waals surface area contributed by atoms with Crippen LogP contribution in [0.3, 0.4) is 0 Å². The van der Waals surface area contributed by atoms with Crippen LogP contribution in [-0.2, 0) is 6.42 Å². The molecule has 3 aliphatic carbocycles. The van der Waals surface area contributed by atoms with E-state index < -0.39 is 0 Å². The zero-order valence-corrected chi connectivity index (χ0v) is 18.8. The third-order valence-corrected chi connectivity index (χ3v) is 8.62. The van der Waals surface area contributed by atoms with E-state index in [0.29, 0.717) is 16.7 Å². The number of fused-ring (bicyclic) bond motifs is 4. The standard InChI is InChI=1S/C25H24N6S/c1-14-15-3-5-16(6-4-15)18(14)9-17-10-21(22-7-8-23(26-2)32-22)31-25(30-17)20-12-28-24-19(20)11-27-13-29-24/h7-8,10-16,18H,3-6,9H2,1H3,(H,27,28,29). The van der Waals surface area contributed by atoms with Crippen molar-refractivity contribution in [2.75, 3.05) is 0 Å². The Morgan fingerprint density at radius 1 is 1.16 bits per heavy atom.